The van der Waals surface area contributed by atoms with Crippen LogP contribution in [0.2, 0.25) is 0 Å². The van der Waals surface area contributed by atoms with Gasteiger partial charge in [0, 0.05) is 48.8 Å². The third-order valence-corrected chi connectivity index (χ3v) is 5.79. The zero-order valence-electron chi connectivity index (χ0n) is 16.4. The van der Waals surface area contributed by atoms with Crippen LogP contribution in [0.1, 0.15) is 17.0 Å². The van der Waals surface area contributed by atoms with Crippen LogP contribution in [0.15, 0.2) is 54.6 Å². The molecule has 2 aromatic carbocycles. The summed E-state index contributed by atoms with van der Waals surface area (Å²) in [6, 6.07) is 18.2. The van der Waals surface area contributed by atoms with Crippen LogP contribution in [-0.2, 0) is 31.1 Å². The molecule has 1 N–H and O–H groups in total. The average Bonchev–Trinajstić information content (AvgIpc) is 3.20. The van der Waals surface area contributed by atoms with E-state index in [1.807, 2.05) is 59.1 Å². The number of hydrogen-bond donors (Lipinski definition) is 1. The molecule has 0 fully saturated rings. The van der Waals surface area contributed by atoms with E-state index in [0.29, 0.717) is 19.5 Å². The van der Waals surface area contributed by atoms with Gasteiger partial charge in [0.25, 0.3) is 0 Å². The number of nitrogens with one attached hydrogen (secondary N) is 1. The summed E-state index contributed by atoms with van der Waals surface area (Å²) in [5, 5.41) is 13.1. The second-order valence-corrected chi connectivity index (χ2v) is 7.54. The quantitative estimate of drug-likeness (QED) is 0.589. The summed E-state index contributed by atoms with van der Waals surface area (Å²) < 4.78 is 1.98. The molecule has 1 aliphatic heterocycles. The molecule has 3 heterocycles. The van der Waals surface area contributed by atoms with Crippen LogP contribution in [0.5, 0.6) is 0 Å². The molecule has 0 saturated carbocycles. The molecule has 0 unspecified atom stereocenters. The highest BCUT2D eigenvalue weighted by atomic mass is 16.2. The van der Waals surface area contributed by atoms with E-state index in [2.05, 4.69) is 22.3 Å². The van der Waals surface area contributed by atoms with Crippen LogP contribution in [0.4, 0.5) is 0 Å². The highest BCUT2D eigenvalue weighted by Crippen LogP contribution is 2.28. The van der Waals surface area contributed by atoms with Gasteiger partial charge in [0.2, 0.25) is 5.91 Å². The maximum Gasteiger partial charge on any atom is 0.228 e. The first-order chi connectivity index (χ1) is 14.2. The number of amides is 1. The smallest absolute Gasteiger partial charge is 0.228 e. The Morgan fingerprint density at radius 2 is 1.79 bits per heavy atom. The van der Waals surface area contributed by atoms with Gasteiger partial charge < -0.3 is 4.90 Å². The van der Waals surface area contributed by atoms with Crippen molar-refractivity contribution in [2.24, 2.45) is 7.05 Å². The number of aromatic amines is 1. The van der Waals surface area contributed by atoms with Crippen LogP contribution in [-0.4, -0.2) is 43.9 Å². The van der Waals surface area contributed by atoms with E-state index in [4.69, 9.17) is 5.10 Å². The minimum Gasteiger partial charge on any atom is -0.342 e. The zero-order valence-corrected chi connectivity index (χ0v) is 16.4. The molecule has 6 nitrogen and oxygen atoms in total. The Kier molecular flexibility index (Phi) is 4.39. The number of benzene rings is 2. The molecule has 4 aromatic rings. The van der Waals surface area contributed by atoms with Gasteiger partial charge in [-0.05, 0) is 12.5 Å². The average molecular weight is 385 g/mol. The largest absolute Gasteiger partial charge is 0.342 e. The number of para-hydroxylation sites is 1. The Hall–Kier alpha value is -3.41. The Balaban J connectivity index is 1.36. The van der Waals surface area contributed by atoms with Crippen LogP contribution >= 0.6 is 0 Å². The molecule has 0 bridgehead atoms. The third-order valence-electron chi connectivity index (χ3n) is 5.79. The zero-order chi connectivity index (χ0) is 19.8. The fourth-order valence-electron chi connectivity index (χ4n) is 4.27. The molecule has 146 valence electrons. The lowest BCUT2D eigenvalue weighted by Gasteiger charge is -2.20. The van der Waals surface area contributed by atoms with Crippen LogP contribution < -0.4 is 0 Å². The second kappa shape index (κ2) is 7.20. The molecule has 29 heavy (non-hydrogen) atoms. The van der Waals surface area contributed by atoms with Crippen molar-refractivity contribution >= 4 is 16.8 Å². The number of H-pyrrole nitrogens is 1. The van der Waals surface area contributed by atoms with Gasteiger partial charge in [-0.3, -0.25) is 14.6 Å². The standard InChI is InChI=1S/C23H23N5O/c1-27-21-12-14-28(13-11-18(21)23(26-27)16-7-3-2-4-8-16)22(29)15-20-17-9-5-6-10-19(17)24-25-20/h2-10H,11-15H2,1H3,(H,24,25). The van der Waals surface area contributed by atoms with Crippen molar-refractivity contribution in [3.63, 3.8) is 0 Å². The van der Waals surface area contributed by atoms with Crippen molar-refractivity contribution in [3.8, 4) is 11.3 Å². The monoisotopic (exact) mass is 385 g/mol. The van der Waals surface area contributed by atoms with Gasteiger partial charge in [-0.25, -0.2) is 0 Å². The second-order valence-electron chi connectivity index (χ2n) is 7.54. The number of hydrogen-bond acceptors (Lipinski definition) is 3. The lowest BCUT2D eigenvalue weighted by Crippen LogP contribution is -2.34. The van der Waals surface area contributed by atoms with Crippen molar-refractivity contribution < 1.29 is 4.79 Å². The van der Waals surface area contributed by atoms with Crippen molar-refractivity contribution in [2.45, 2.75) is 19.3 Å². The first kappa shape index (κ1) is 17.7. The van der Waals surface area contributed by atoms with E-state index in [-0.39, 0.29) is 5.91 Å². The van der Waals surface area contributed by atoms with Crippen molar-refractivity contribution in [2.75, 3.05) is 13.1 Å². The van der Waals surface area contributed by atoms with Crippen molar-refractivity contribution in [3.05, 3.63) is 71.5 Å². The molecular weight excluding hydrogens is 362 g/mol. The Morgan fingerprint density at radius 3 is 2.66 bits per heavy atom. The van der Waals surface area contributed by atoms with E-state index in [0.717, 1.165) is 40.7 Å². The van der Waals surface area contributed by atoms with Gasteiger partial charge in [0.1, 0.15) is 0 Å². The summed E-state index contributed by atoms with van der Waals surface area (Å²) in [6.45, 7) is 1.43. The van der Waals surface area contributed by atoms with Crippen LogP contribution in [0.25, 0.3) is 22.2 Å². The fourth-order valence-corrected chi connectivity index (χ4v) is 4.27. The minimum absolute atomic E-state index is 0.140. The normalized spacial score (nSPS) is 14.0. The Bertz CT molecular complexity index is 1170. The third kappa shape index (κ3) is 3.20. The summed E-state index contributed by atoms with van der Waals surface area (Å²) in [5.41, 5.74) is 6.45. The number of carbonyl (C=O) groups excluding carboxylic acids is 1. The first-order valence-corrected chi connectivity index (χ1v) is 10.0. The topological polar surface area (TPSA) is 66.8 Å². The molecule has 2 aromatic heterocycles. The predicted molar refractivity (Wildman–Crippen MR) is 112 cm³/mol. The van der Waals surface area contributed by atoms with Gasteiger partial charge in [0.05, 0.1) is 23.3 Å². The van der Waals surface area contributed by atoms with Gasteiger partial charge >= 0.3 is 0 Å². The number of fused-ring (bicyclic) bond motifs is 2. The maximum absolute atomic E-state index is 13.0. The predicted octanol–water partition coefficient (Wildman–Crippen LogP) is 3.13. The van der Waals surface area contributed by atoms with E-state index in [9.17, 15) is 4.79 Å². The summed E-state index contributed by atoms with van der Waals surface area (Å²) in [7, 11) is 2.00. The number of rotatable bonds is 3. The molecular formula is C23H23N5O. The van der Waals surface area contributed by atoms with Gasteiger partial charge in [-0.2, -0.15) is 10.2 Å². The molecule has 0 radical (unpaired) electrons. The van der Waals surface area contributed by atoms with Gasteiger partial charge in [0.15, 0.2) is 0 Å². The first-order valence-electron chi connectivity index (χ1n) is 10.0. The Morgan fingerprint density at radius 1 is 1.03 bits per heavy atom. The van der Waals surface area contributed by atoms with Crippen LogP contribution in [0.3, 0.4) is 0 Å². The SMILES string of the molecule is Cn1nc(-c2ccccc2)c2c1CCN(C(=O)Cc1[nH]nc3ccccc13)CC2. The molecule has 5 rings (SSSR count). The van der Waals surface area contributed by atoms with E-state index in [1.165, 1.54) is 11.3 Å². The molecule has 0 aliphatic carbocycles. The minimum atomic E-state index is 0.140. The molecule has 1 aliphatic rings. The number of aryl methyl sites for hydroxylation is 1. The van der Waals surface area contributed by atoms with E-state index < -0.39 is 0 Å². The summed E-state index contributed by atoms with van der Waals surface area (Å²) in [6.07, 6.45) is 1.99. The van der Waals surface area contributed by atoms with E-state index >= 15 is 0 Å². The lowest BCUT2D eigenvalue weighted by molar-refractivity contribution is -0.130. The molecule has 0 saturated heterocycles. The van der Waals surface area contributed by atoms with Crippen molar-refractivity contribution in [1.82, 2.24) is 24.9 Å². The summed E-state index contributed by atoms with van der Waals surface area (Å²) in [5.74, 6) is 0.140. The van der Waals surface area contributed by atoms with Gasteiger partial charge in [-0.15, -0.1) is 0 Å². The molecule has 1 amide bonds. The summed E-state index contributed by atoms with van der Waals surface area (Å²) in [4.78, 5) is 15.0. The highest BCUT2D eigenvalue weighted by Gasteiger charge is 2.25. The number of carbonyl (C=O) groups is 1. The fraction of sp³-hybridized carbons (Fsp3) is 0.261. The lowest BCUT2D eigenvalue weighted by atomic mass is 10.0. The Labute approximate surface area is 169 Å². The molecule has 0 spiro atoms. The highest BCUT2D eigenvalue weighted by molar-refractivity contribution is 5.87. The van der Waals surface area contributed by atoms with Gasteiger partial charge in [-0.1, -0.05) is 48.5 Å². The van der Waals surface area contributed by atoms with E-state index in [1.54, 1.807) is 0 Å². The molecule has 0 atom stereocenters. The molecule has 6 heteroatoms. The van der Waals surface area contributed by atoms with Crippen LogP contribution in [0, 0.1) is 0 Å². The summed E-state index contributed by atoms with van der Waals surface area (Å²) >= 11 is 0. The number of aromatic nitrogens is 4. The number of nitrogens with zero attached hydrogens (tertiary/aromatic N) is 4. The van der Waals surface area contributed by atoms with Crippen molar-refractivity contribution in [1.29, 1.82) is 0 Å². The maximum atomic E-state index is 13.0.